The third-order valence-corrected chi connectivity index (χ3v) is 3.06. The average Bonchev–Trinajstić information content (AvgIpc) is 2.41. The van der Waals surface area contributed by atoms with E-state index < -0.39 is 0 Å². The first-order chi connectivity index (χ1) is 9.54. The van der Waals surface area contributed by atoms with Crippen molar-refractivity contribution in [3.63, 3.8) is 0 Å². The van der Waals surface area contributed by atoms with E-state index in [0.717, 1.165) is 11.3 Å². The van der Waals surface area contributed by atoms with Crippen molar-refractivity contribution in [1.29, 1.82) is 0 Å². The van der Waals surface area contributed by atoms with Crippen molar-refractivity contribution in [1.82, 2.24) is 0 Å². The second-order valence-electron chi connectivity index (χ2n) is 4.43. The summed E-state index contributed by atoms with van der Waals surface area (Å²) in [4.78, 5) is 10.8. The van der Waals surface area contributed by atoms with Crippen LogP contribution in [0.3, 0.4) is 0 Å². The average molecular weight is 293 g/mol. The van der Waals surface area contributed by atoms with Crippen LogP contribution >= 0.6 is 11.6 Å². The number of carbonyl (C=O) groups excluding carboxylic acids is 1. The number of benzene rings is 2. The van der Waals surface area contributed by atoms with E-state index in [0.29, 0.717) is 17.1 Å². The molecule has 0 aliphatic heterocycles. The first-order valence-corrected chi connectivity index (χ1v) is 6.47. The first kappa shape index (κ1) is 14.3. The van der Waals surface area contributed by atoms with Gasteiger partial charge in [0.05, 0.1) is 6.42 Å². The van der Waals surface area contributed by atoms with Gasteiger partial charge in [-0.25, -0.2) is 4.39 Å². The number of amides is 1. The fourth-order valence-corrected chi connectivity index (χ4v) is 2.01. The van der Waals surface area contributed by atoms with Crippen LogP contribution < -0.4 is 11.1 Å². The van der Waals surface area contributed by atoms with Crippen molar-refractivity contribution in [2.45, 2.75) is 13.0 Å². The Morgan fingerprint density at radius 1 is 1.20 bits per heavy atom. The Labute approximate surface area is 121 Å². The fourth-order valence-electron chi connectivity index (χ4n) is 1.82. The molecule has 0 saturated carbocycles. The van der Waals surface area contributed by atoms with Gasteiger partial charge in [0.2, 0.25) is 5.91 Å². The zero-order valence-corrected chi connectivity index (χ0v) is 11.5. The molecule has 3 nitrogen and oxygen atoms in total. The van der Waals surface area contributed by atoms with Crippen LogP contribution in [0.2, 0.25) is 5.02 Å². The minimum atomic E-state index is -0.369. The van der Waals surface area contributed by atoms with Crippen molar-refractivity contribution in [2.75, 3.05) is 5.32 Å². The lowest BCUT2D eigenvalue weighted by Crippen LogP contribution is -2.13. The molecule has 0 fully saturated rings. The van der Waals surface area contributed by atoms with Crippen LogP contribution in [0.5, 0.6) is 0 Å². The summed E-state index contributed by atoms with van der Waals surface area (Å²) in [7, 11) is 0. The van der Waals surface area contributed by atoms with E-state index in [1.807, 2.05) is 12.1 Å². The van der Waals surface area contributed by atoms with E-state index >= 15 is 0 Å². The molecule has 3 N–H and O–H groups in total. The van der Waals surface area contributed by atoms with Crippen LogP contribution in [-0.4, -0.2) is 5.91 Å². The SMILES string of the molecule is NC(=O)Cc1ccc(NCc2cc(Cl)ccc2F)cc1. The van der Waals surface area contributed by atoms with E-state index in [-0.39, 0.29) is 18.1 Å². The minimum absolute atomic E-state index is 0.212. The molecule has 2 aromatic carbocycles. The molecule has 5 heteroatoms. The molecule has 20 heavy (non-hydrogen) atoms. The van der Waals surface area contributed by atoms with Crippen LogP contribution in [0.15, 0.2) is 42.5 Å². The Morgan fingerprint density at radius 3 is 2.55 bits per heavy atom. The number of hydrogen-bond acceptors (Lipinski definition) is 2. The van der Waals surface area contributed by atoms with Crippen molar-refractivity contribution in [3.8, 4) is 0 Å². The van der Waals surface area contributed by atoms with Gasteiger partial charge >= 0.3 is 0 Å². The Hall–Kier alpha value is -2.07. The maximum atomic E-state index is 13.5. The second kappa shape index (κ2) is 6.39. The predicted molar refractivity (Wildman–Crippen MR) is 78.1 cm³/mol. The van der Waals surface area contributed by atoms with Gasteiger partial charge in [-0.3, -0.25) is 4.79 Å². The van der Waals surface area contributed by atoms with Gasteiger partial charge < -0.3 is 11.1 Å². The summed E-state index contributed by atoms with van der Waals surface area (Å²) in [5.41, 5.74) is 7.29. The molecule has 2 aromatic rings. The standard InChI is InChI=1S/C15H14ClFN2O/c16-12-3-6-14(17)11(8-12)9-19-13-4-1-10(2-5-13)7-15(18)20/h1-6,8,19H,7,9H2,(H2,18,20). The lowest BCUT2D eigenvalue weighted by Gasteiger charge is -2.08. The van der Waals surface area contributed by atoms with Gasteiger partial charge in [-0.2, -0.15) is 0 Å². The number of hydrogen-bond donors (Lipinski definition) is 2. The minimum Gasteiger partial charge on any atom is -0.381 e. The predicted octanol–water partition coefficient (Wildman–Crippen LogP) is 3.12. The zero-order chi connectivity index (χ0) is 14.5. The Kier molecular flexibility index (Phi) is 4.58. The molecule has 0 spiro atoms. The van der Waals surface area contributed by atoms with Gasteiger partial charge in [-0.1, -0.05) is 23.7 Å². The molecule has 0 bridgehead atoms. The smallest absolute Gasteiger partial charge is 0.221 e. The van der Waals surface area contributed by atoms with Crippen molar-refractivity contribution >= 4 is 23.2 Å². The van der Waals surface area contributed by atoms with Gasteiger partial charge in [0.25, 0.3) is 0 Å². The third kappa shape index (κ3) is 3.96. The van der Waals surface area contributed by atoms with Crippen molar-refractivity contribution in [2.24, 2.45) is 5.73 Å². The van der Waals surface area contributed by atoms with Crippen LogP contribution in [0.25, 0.3) is 0 Å². The first-order valence-electron chi connectivity index (χ1n) is 6.09. The highest BCUT2D eigenvalue weighted by atomic mass is 35.5. The maximum Gasteiger partial charge on any atom is 0.221 e. The number of nitrogens with two attached hydrogens (primary N) is 1. The quantitative estimate of drug-likeness (QED) is 0.889. The van der Waals surface area contributed by atoms with Gasteiger partial charge in [-0.05, 0) is 35.9 Å². The second-order valence-corrected chi connectivity index (χ2v) is 4.87. The van der Waals surface area contributed by atoms with Gasteiger partial charge in [0.15, 0.2) is 0 Å². The number of nitrogens with one attached hydrogen (secondary N) is 1. The molecule has 0 heterocycles. The molecule has 2 rings (SSSR count). The molecule has 0 aromatic heterocycles. The van der Waals surface area contributed by atoms with Gasteiger partial charge in [0.1, 0.15) is 5.82 Å². The number of anilines is 1. The number of rotatable bonds is 5. The van der Waals surface area contributed by atoms with E-state index in [2.05, 4.69) is 5.32 Å². The number of halogens is 2. The van der Waals surface area contributed by atoms with Gasteiger partial charge in [-0.15, -0.1) is 0 Å². The van der Waals surface area contributed by atoms with E-state index in [1.54, 1.807) is 18.2 Å². The highest BCUT2D eigenvalue weighted by Gasteiger charge is 2.03. The van der Waals surface area contributed by atoms with E-state index in [9.17, 15) is 9.18 Å². The number of primary amides is 1. The summed E-state index contributed by atoms with van der Waals surface area (Å²) in [6, 6.07) is 11.7. The van der Waals surface area contributed by atoms with Crippen LogP contribution in [0, 0.1) is 5.82 Å². The molecular weight excluding hydrogens is 279 g/mol. The van der Waals surface area contributed by atoms with E-state index in [4.69, 9.17) is 17.3 Å². The molecule has 1 amide bonds. The maximum absolute atomic E-state index is 13.5. The third-order valence-electron chi connectivity index (χ3n) is 2.82. The summed E-state index contributed by atoms with van der Waals surface area (Å²) < 4.78 is 13.5. The Bertz CT molecular complexity index is 614. The normalized spacial score (nSPS) is 10.3. The zero-order valence-electron chi connectivity index (χ0n) is 10.7. The molecule has 0 aliphatic rings. The highest BCUT2D eigenvalue weighted by molar-refractivity contribution is 6.30. The summed E-state index contributed by atoms with van der Waals surface area (Å²) in [5, 5.41) is 3.59. The lowest BCUT2D eigenvalue weighted by atomic mass is 10.1. The van der Waals surface area contributed by atoms with Crippen molar-refractivity contribution in [3.05, 3.63) is 64.4 Å². The molecule has 0 unspecified atom stereocenters. The fraction of sp³-hybridized carbons (Fsp3) is 0.133. The number of carbonyl (C=O) groups is 1. The van der Waals surface area contributed by atoms with Crippen LogP contribution in [0.1, 0.15) is 11.1 Å². The largest absolute Gasteiger partial charge is 0.381 e. The van der Waals surface area contributed by atoms with Crippen molar-refractivity contribution < 1.29 is 9.18 Å². The summed E-state index contributed by atoms with van der Waals surface area (Å²) >= 11 is 5.83. The molecule has 0 atom stereocenters. The Balaban J connectivity index is 2.00. The molecule has 0 aliphatic carbocycles. The highest BCUT2D eigenvalue weighted by Crippen LogP contribution is 2.17. The van der Waals surface area contributed by atoms with Gasteiger partial charge in [0, 0.05) is 22.8 Å². The topological polar surface area (TPSA) is 55.1 Å². The molecular formula is C15H14ClFN2O. The monoisotopic (exact) mass is 292 g/mol. The summed E-state index contributed by atoms with van der Waals surface area (Å²) in [5.74, 6) is -0.668. The molecule has 0 saturated heterocycles. The summed E-state index contributed by atoms with van der Waals surface area (Å²) in [6.07, 6.45) is 0.212. The molecule has 104 valence electrons. The molecule has 0 radical (unpaired) electrons. The van der Waals surface area contributed by atoms with Crippen LogP contribution in [-0.2, 0) is 17.8 Å². The summed E-state index contributed by atoms with van der Waals surface area (Å²) in [6.45, 7) is 0.335. The lowest BCUT2D eigenvalue weighted by molar-refractivity contribution is -0.117. The van der Waals surface area contributed by atoms with Crippen LogP contribution in [0.4, 0.5) is 10.1 Å². The Morgan fingerprint density at radius 2 is 1.90 bits per heavy atom. The van der Waals surface area contributed by atoms with E-state index in [1.165, 1.54) is 12.1 Å².